The molecule has 0 unspecified atom stereocenters. The second-order valence-corrected chi connectivity index (χ2v) is 8.39. The van der Waals surface area contributed by atoms with Gasteiger partial charge in [0, 0.05) is 6.04 Å². The van der Waals surface area contributed by atoms with Gasteiger partial charge in [-0.2, -0.15) is 0 Å². The fourth-order valence-electron chi connectivity index (χ4n) is 4.92. The van der Waals surface area contributed by atoms with Crippen molar-refractivity contribution in [3.63, 3.8) is 0 Å². The highest BCUT2D eigenvalue weighted by Gasteiger charge is 2.49. The van der Waals surface area contributed by atoms with Gasteiger partial charge >= 0.3 is 17.8 Å². The second-order valence-electron chi connectivity index (χ2n) is 8.39. The molecule has 1 saturated heterocycles. The van der Waals surface area contributed by atoms with Gasteiger partial charge in [0.25, 0.3) is 0 Å². The number of carbonyl (C=O) groups excluding carboxylic acids is 4. The topological polar surface area (TPSA) is 86.8 Å². The molecule has 0 spiro atoms. The third-order valence-electron chi connectivity index (χ3n) is 6.49. The number of imide groups is 2. The molecule has 5 amide bonds. The summed E-state index contributed by atoms with van der Waals surface area (Å²) in [4.78, 5) is 52.3. The Morgan fingerprint density at radius 2 is 1.79 bits per heavy atom. The Morgan fingerprint density at radius 3 is 2.59 bits per heavy atom. The van der Waals surface area contributed by atoms with Gasteiger partial charge in [-0.15, -0.1) is 0 Å². The van der Waals surface area contributed by atoms with Crippen LogP contribution in [-0.2, 0) is 20.8 Å². The number of rotatable bonds is 4. The van der Waals surface area contributed by atoms with E-state index in [1.165, 1.54) is 5.56 Å². The number of benzene rings is 1. The van der Waals surface area contributed by atoms with Gasteiger partial charge in [0.1, 0.15) is 6.54 Å². The predicted molar refractivity (Wildman–Crippen MR) is 106 cm³/mol. The lowest BCUT2D eigenvalue weighted by atomic mass is 9.85. The van der Waals surface area contributed by atoms with Crippen molar-refractivity contribution >= 4 is 23.8 Å². The summed E-state index contributed by atoms with van der Waals surface area (Å²) in [5.74, 6) is -1.95. The van der Waals surface area contributed by atoms with Gasteiger partial charge in [0.15, 0.2) is 0 Å². The number of fused-ring (bicyclic) bond motifs is 1. The summed E-state index contributed by atoms with van der Waals surface area (Å²) < 4.78 is 0. The molecule has 7 nitrogen and oxygen atoms in total. The molecule has 0 bridgehead atoms. The lowest BCUT2D eigenvalue weighted by molar-refractivity contribution is -0.145. The zero-order valence-electron chi connectivity index (χ0n) is 16.7. The summed E-state index contributed by atoms with van der Waals surface area (Å²) in [5, 5.41) is 2.95. The third kappa shape index (κ3) is 3.66. The lowest BCUT2D eigenvalue weighted by Crippen LogP contribution is -2.47. The highest BCUT2D eigenvalue weighted by Crippen LogP contribution is 2.32. The maximum atomic E-state index is 12.8. The van der Waals surface area contributed by atoms with E-state index in [1.807, 2.05) is 25.1 Å². The van der Waals surface area contributed by atoms with Crippen LogP contribution in [0.2, 0.25) is 0 Å². The first-order valence-corrected chi connectivity index (χ1v) is 10.5. The highest BCUT2D eigenvalue weighted by molar-refractivity contribution is 6.45. The van der Waals surface area contributed by atoms with Gasteiger partial charge < -0.3 is 5.32 Å². The normalized spacial score (nSPS) is 27.2. The van der Waals surface area contributed by atoms with Crippen molar-refractivity contribution < 1.29 is 19.2 Å². The lowest BCUT2D eigenvalue weighted by Gasteiger charge is -2.34. The molecular weight excluding hydrogens is 370 g/mol. The van der Waals surface area contributed by atoms with E-state index in [0.29, 0.717) is 6.42 Å². The largest absolute Gasteiger partial charge is 0.348 e. The molecule has 1 aliphatic heterocycles. The minimum atomic E-state index is -0.896. The van der Waals surface area contributed by atoms with Gasteiger partial charge in [-0.1, -0.05) is 44.0 Å². The molecule has 7 heteroatoms. The average Bonchev–Trinajstić information content (AvgIpc) is 2.92. The molecule has 3 atom stereocenters. The number of aryl methyl sites for hydroxylation is 1. The molecular formula is C22H27N3O4. The summed E-state index contributed by atoms with van der Waals surface area (Å²) in [6.45, 7) is 1.59. The Kier molecular flexibility index (Phi) is 5.39. The van der Waals surface area contributed by atoms with Crippen LogP contribution in [0.5, 0.6) is 0 Å². The first-order chi connectivity index (χ1) is 14.0. The maximum Gasteiger partial charge on any atom is 0.334 e. The van der Waals surface area contributed by atoms with Crippen LogP contribution in [0.15, 0.2) is 24.3 Å². The Balaban J connectivity index is 1.44. The molecule has 29 heavy (non-hydrogen) atoms. The second kappa shape index (κ2) is 7.97. The number of nitrogens with zero attached hydrogens (tertiary/aromatic N) is 2. The fourth-order valence-corrected chi connectivity index (χ4v) is 4.92. The Hall–Kier alpha value is -2.70. The smallest absolute Gasteiger partial charge is 0.334 e. The van der Waals surface area contributed by atoms with Crippen LogP contribution in [-0.4, -0.2) is 46.1 Å². The van der Waals surface area contributed by atoms with Crippen LogP contribution in [0.25, 0.3) is 0 Å². The van der Waals surface area contributed by atoms with Crippen molar-refractivity contribution in [2.24, 2.45) is 5.92 Å². The maximum absolute atomic E-state index is 12.8. The van der Waals surface area contributed by atoms with E-state index < -0.39 is 30.3 Å². The van der Waals surface area contributed by atoms with Crippen LogP contribution in [0, 0.1) is 5.92 Å². The quantitative estimate of drug-likeness (QED) is 0.625. The Labute approximate surface area is 170 Å². The summed E-state index contributed by atoms with van der Waals surface area (Å²) in [6.07, 6.45) is 6.40. The number of hydrogen-bond donors (Lipinski definition) is 1. The summed E-state index contributed by atoms with van der Waals surface area (Å²) in [7, 11) is 0. The molecule has 1 saturated carbocycles. The number of amides is 5. The van der Waals surface area contributed by atoms with E-state index in [9.17, 15) is 19.2 Å². The number of nitrogens with one attached hydrogen (secondary N) is 1. The SMILES string of the molecule is C[C@@H]1CCCC[C@H]1N1C(=O)C(=O)N(CC(=O)N[C@@H]2CCCc3ccccc32)C1=O. The van der Waals surface area contributed by atoms with Crippen LogP contribution >= 0.6 is 0 Å². The van der Waals surface area contributed by atoms with Crippen molar-refractivity contribution in [1.82, 2.24) is 15.1 Å². The van der Waals surface area contributed by atoms with Crippen molar-refractivity contribution in [3.05, 3.63) is 35.4 Å². The van der Waals surface area contributed by atoms with Crippen molar-refractivity contribution in [2.45, 2.75) is 64.0 Å². The number of hydrogen-bond acceptors (Lipinski definition) is 4. The minimum Gasteiger partial charge on any atom is -0.348 e. The van der Waals surface area contributed by atoms with Crippen LogP contribution in [0.3, 0.4) is 0 Å². The molecule has 2 fully saturated rings. The minimum absolute atomic E-state index is 0.134. The van der Waals surface area contributed by atoms with Gasteiger partial charge in [-0.05, 0) is 49.1 Å². The molecule has 0 aromatic heterocycles. The summed E-state index contributed by atoms with van der Waals surface area (Å²) >= 11 is 0. The molecule has 2 aliphatic carbocycles. The predicted octanol–water partition coefficient (Wildman–Crippen LogP) is 2.55. The Bertz CT molecular complexity index is 852. The number of urea groups is 1. The third-order valence-corrected chi connectivity index (χ3v) is 6.49. The van der Waals surface area contributed by atoms with Crippen LogP contribution < -0.4 is 5.32 Å². The van der Waals surface area contributed by atoms with E-state index in [0.717, 1.165) is 53.9 Å². The van der Waals surface area contributed by atoms with E-state index in [2.05, 4.69) is 11.4 Å². The molecule has 3 aliphatic rings. The first kappa shape index (κ1) is 19.6. The molecule has 0 radical (unpaired) electrons. The van der Waals surface area contributed by atoms with Crippen LogP contribution in [0.4, 0.5) is 4.79 Å². The van der Waals surface area contributed by atoms with Gasteiger partial charge in [-0.25, -0.2) is 9.69 Å². The van der Waals surface area contributed by atoms with E-state index >= 15 is 0 Å². The van der Waals surface area contributed by atoms with Crippen molar-refractivity contribution in [1.29, 1.82) is 0 Å². The molecule has 1 aromatic carbocycles. The van der Waals surface area contributed by atoms with Crippen molar-refractivity contribution in [2.75, 3.05) is 6.54 Å². The van der Waals surface area contributed by atoms with Gasteiger partial charge in [0.05, 0.1) is 6.04 Å². The van der Waals surface area contributed by atoms with Crippen molar-refractivity contribution in [3.8, 4) is 0 Å². The average molecular weight is 397 g/mol. The zero-order chi connectivity index (χ0) is 20.5. The standard InChI is InChI=1S/C22H27N3O4/c1-14-7-2-5-12-18(14)25-21(28)20(27)24(22(25)29)13-19(26)23-17-11-6-9-15-8-3-4-10-16(15)17/h3-4,8,10,14,17-18H,2,5-7,9,11-13H2,1H3,(H,23,26)/t14-,17-,18-/m1/s1. The zero-order valence-corrected chi connectivity index (χ0v) is 16.7. The van der Waals surface area contributed by atoms with Gasteiger partial charge in [0.2, 0.25) is 5.91 Å². The fraction of sp³-hybridized carbons (Fsp3) is 0.545. The van der Waals surface area contributed by atoms with Crippen LogP contribution in [0.1, 0.15) is 62.6 Å². The highest BCUT2D eigenvalue weighted by atomic mass is 16.2. The number of carbonyl (C=O) groups is 4. The summed E-state index contributed by atoms with van der Waals surface area (Å²) in [5.41, 5.74) is 2.30. The van der Waals surface area contributed by atoms with E-state index in [-0.39, 0.29) is 18.0 Å². The molecule has 1 N–H and O–H groups in total. The Morgan fingerprint density at radius 1 is 1.03 bits per heavy atom. The molecule has 4 rings (SSSR count). The van der Waals surface area contributed by atoms with E-state index in [4.69, 9.17) is 0 Å². The first-order valence-electron chi connectivity index (χ1n) is 10.5. The molecule has 154 valence electrons. The van der Waals surface area contributed by atoms with E-state index in [1.54, 1.807) is 0 Å². The monoisotopic (exact) mass is 397 g/mol. The summed E-state index contributed by atoms with van der Waals surface area (Å²) in [6, 6.07) is 6.94. The van der Waals surface area contributed by atoms with Gasteiger partial charge in [-0.3, -0.25) is 19.3 Å². The molecule has 1 heterocycles. The molecule has 1 aromatic rings.